The Bertz CT molecular complexity index is 398. The normalized spacial score (nSPS) is 12.9. The zero-order chi connectivity index (χ0) is 15.0. The Morgan fingerprint density at radius 3 is 2.75 bits per heavy atom. The van der Waals surface area contributed by atoms with Crippen molar-refractivity contribution in [3.8, 4) is 0 Å². The SMILES string of the molecule is COCCNCC(Cc1cc(F)ccc1Cl)CC(C)C. The van der Waals surface area contributed by atoms with E-state index in [2.05, 4.69) is 19.2 Å². The summed E-state index contributed by atoms with van der Waals surface area (Å²) >= 11 is 6.15. The van der Waals surface area contributed by atoms with Crippen molar-refractivity contribution in [1.29, 1.82) is 0 Å². The minimum atomic E-state index is -0.222. The van der Waals surface area contributed by atoms with Crippen LogP contribution >= 0.6 is 11.6 Å². The molecule has 0 aliphatic heterocycles. The van der Waals surface area contributed by atoms with Crippen molar-refractivity contribution in [2.45, 2.75) is 26.7 Å². The maximum absolute atomic E-state index is 13.3. The molecular formula is C16H25ClFNO. The number of benzene rings is 1. The molecule has 1 unspecified atom stereocenters. The Labute approximate surface area is 126 Å². The van der Waals surface area contributed by atoms with E-state index in [1.807, 2.05) is 0 Å². The lowest BCUT2D eigenvalue weighted by molar-refractivity contribution is 0.197. The van der Waals surface area contributed by atoms with Crippen molar-refractivity contribution >= 4 is 11.6 Å². The van der Waals surface area contributed by atoms with E-state index in [1.165, 1.54) is 6.07 Å². The average molecular weight is 302 g/mol. The minimum Gasteiger partial charge on any atom is -0.383 e. The van der Waals surface area contributed by atoms with Crippen LogP contribution in [0.3, 0.4) is 0 Å². The molecule has 2 nitrogen and oxygen atoms in total. The topological polar surface area (TPSA) is 21.3 Å². The van der Waals surface area contributed by atoms with E-state index < -0.39 is 0 Å². The number of hydrogen-bond acceptors (Lipinski definition) is 2. The first-order valence-corrected chi connectivity index (χ1v) is 7.54. The van der Waals surface area contributed by atoms with Crippen LogP contribution in [0.5, 0.6) is 0 Å². The van der Waals surface area contributed by atoms with Crippen LogP contribution in [0, 0.1) is 17.7 Å². The van der Waals surface area contributed by atoms with E-state index in [-0.39, 0.29) is 5.82 Å². The second-order valence-electron chi connectivity index (χ2n) is 5.63. The zero-order valence-corrected chi connectivity index (χ0v) is 13.3. The number of halogens is 2. The molecule has 0 saturated heterocycles. The van der Waals surface area contributed by atoms with Gasteiger partial charge in [0.1, 0.15) is 5.82 Å². The molecule has 0 saturated carbocycles. The summed E-state index contributed by atoms with van der Waals surface area (Å²) < 4.78 is 18.3. The Kier molecular flexibility index (Phi) is 8.12. The third kappa shape index (κ3) is 6.69. The third-order valence-electron chi connectivity index (χ3n) is 3.24. The van der Waals surface area contributed by atoms with E-state index in [0.29, 0.717) is 23.5 Å². The van der Waals surface area contributed by atoms with Crippen LogP contribution < -0.4 is 5.32 Å². The molecule has 0 aliphatic rings. The predicted octanol–water partition coefficient (Wildman–Crippen LogP) is 3.92. The number of rotatable bonds is 9. The van der Waals surface area contributed by atoms with E-state index in [0.717, 1.165) is 31.5 Å². The van der Waals surface area contributed by atoms with Crippen LogP contribution in [0.2, 0.25) is 5.02 Å². The quantitative estimate of drug-likeness (QED) is 0.698. The number of methoxy groups -OCH3 is 1. The van der Waals surface area contributed by atoms with Crippen LogP contribution in [-0.2, 0) is 11.2 Å². The van der Waals surface area contributed by atoms with Crippen molar-refractivity contribution in [1.82, 2.24) is 5.32 Å². The molecule has 114 valence electrons. The van der Waals surface area contributed by atoms with Crippen molar-refractivity contribution in [2.75, 3.05) is 26.8 Å². The van der Waals surface area contributed by atoms with Gasteiger partial charge in [-0.15, -0.1) is 0 Å². The van der Waals surface area contributed by atoms with Crippen molar-refractivity contribution in [3.63, 3.8) is 0 Å². The summed E-state index contributed by atoms with van der Waals surface area (Å²) in [6, 6.07) is 4.59. The highest BCUT2D eigenvalue weighted by molar-refractivity contribution is 6.31. The minimum absolute atomic E-state index is 0.222. The molecule has 0 aromatic heterocycles. The van der Waals surface area contributed by atoms with E-state index in [9.17, 15) is 4.39 Å². The van der Waals surface area contributed by atoms with Gasteiger partial charge in [-0.2, -0.15) is 0 Å². The Hall–Kier alpha value is -0.640. The van der Waals surface area contributed by atoms with E-state index in [4.69, 9.17) is 16.3 Å². The average Bonchev–Trinajstić information content (AvgIpc) is 2.38. The van der Waals surface area contributed by atoms with Crippen molar-refractivity contribution in [2.24, 2.45) is 11.8 Å². The Balaban J connectivity index is 2.60. The lowest BCUT2D eigenvalue weighted by Gasteiger charge is -2.20. The first-order valence-electron chi connectivity index (χ1n) is 7.16. The number of ether oxygens (including phenoxy) is 1. The first kappa shape index (κ1) is 17.4. The second kappa shape index (κ2) is 9.32. The molecule has 0 aliphatic carbocycles. The van der Waals surface area contributed by atoms with Gasteiger partial charge in [0.05, 0.1) is 6.61 Å². The molecule has 20 heavy (non-hydrogen) atoms. The van der Waals surface area contributed by atoms with Gasteiger partial charge in [0.25, 0.3) is 0 Å². The highest BCUT2D eigenvalue weighted by Crippen LogP contribution is 2.23. The third-order valence-corrected chi connectivity index (χ3v) is 3.61. The fraction of sp³-hybridized carbons (Fsp3) is 0.625. The zero-order valence-electron chi connectivity index (χ0n) is 12.6. The van der Waals surface area contributed by atoms with Crippen LogP contribution in [-0.4, -0.2) is 26.8 Å². The molecule has 0 bridgehead atoms. The summed E-state index contributed by atoms with van der Waals surface area (Å²) in [7, 11) is 1.69. The maximum atomic E-state index is 13.3. The summed E-state index contributed by atoms with van der Waals surface area (Å²) in [5.74, 6) is 0.836. The predicted molar refractivity (Wildman–Crippen MR) is 82.8 cm³/mol. The lowest BCUT2D eigenvalue weighted by atomic mass is 9.91. The summed E-state index contributed by atoms with van der Waals surface area (Å²) in [6.07, 6.45) is 1.89. The molecule has 0 amide bonds. The summed E-state index contributed by atoms with van der Waals surface area (Å²) in [6.45, 7) is 6.84. The largest absolute Gasteiger partial charge is 0.383 e. The van der Waals surface area contributed by atoms with Gasteiger partial charge < -0.3 is 10.1 Å². The van der Waals surface area contributed by atoms with Gasteiger partial charge in [0.2, 0.25) is 0 Å². The van der Waals surface area contributed by atoms with Crippen LogP contribution in [0.25, 0.3) is 0 Å². The first-order chi connectivity index (χ1) is 9.52. The molecule has 1 rings (SSSR count). The fourth-order valence-electron chi connectivity index (χ4n) is 2.40. The van der Waals surface area contributed by atoms with E-state index in [1.54, 1.807) is 19.2 Å². The van der Waals surface area contributed by atoms with Crippen LogP contribution in [0.15, 0.2) is 18.2 Å². The summed E-state index contributed by atoms with van der Waals surface area (Å²) in [4.78, 5) is 0. The smallest absolute Gasteiger partial charge is 0.123 e. The molecule has 0 spiro atoms. The molecule has 1 atom stereocenters. The van der Waals surface area contributed by atoms with Gasteiger partial charge in [-0.25, -0.2) is 4.39 Å². The van der Waals surface area contributed by atoms with Gasteiger partial charge in [0, 0.05) is 18.7 Å². The van der Waals surface area contributed by atoms with Crippen molar-refractivity contribution in [3.05, 3.63) is 34.6 Å². The Morgan fingerprint density at radius 2 is 2.10 bits per heavy atom. The number of nitrogens with one attached hydrogen (secondary N) is 1. The van der Waals surface area contributed by atoms with Crippen LogP contribution in [0.1, 0.15) is 25.8 Å². The highest BCUT2D eigenvalue weighted by atomic mass is 35.5. The molecule has 1 aromatic carbocycles. The molecule has 0 radical (unpaired) electrons. The maximum Gasteiger partial charge on any atom is 0.123 e. The van der Waals surface area contributed by atoms with Gasteiger partial charge in [-0.3, -0.25) is 0 Å². The molecule has 0 fully saturated rings. The highest BCUT2D eigenvalue weighted by Gasteiger charge is 2.14. The number of hydrogen-bond donors (Lipinski definition) is 1. The van der Waals surface area contributed by atoms with Gasteiger partial charge in [-0.1, -0.05) is 25.4 Å². The van der Waals surface area contributed by atoms with Gasteiger partial charge in [0.15, 0.2) is 0 Å². The molecular weight excluding hydrogens is 277 g/mol. The summed E-state index contributed by atoms with van der Waals surface area (Å²) in [5, 5.41) is 4.03. The van der Waals surface area contributed by atoms with Gasteiger partial charge in [-0.05, 0) is 55.0 Å². The van der Waals surface area contributed by atoms with Crippen LogP contribution in [0.4, 0.5) is 4.39 Å². The second-order valence-corrected chi connectivity index (χ2v) is 6.04. The van der Waals surface area contributed by atoms with Gasteiger partial charge >= 0.3 is 0 Å². The standard InChI is InChI=1S/C16H25ClFNO/c1-12(2)8-13(11-19-6-7-20-3)9-14-10-15(18)4-5-16(14)17/h4-5,10,12-13,19H,6-9,11H2,1-3H3. The Morgan fingerprint density at radius 1 is 1.35 bits per heavy atom. The molecule has 1 N–H and O–H groups in total. The molecule has 4 heteroatoms. The summed E-state index contributed by atoms with van der Waals surface area (Å²) in [5.41, 5.74) is 0.894. The van der Waals surface area contributed by atoms with Crippen molar-refractivity contribution < 1.29 is 9.13 Å². The van der Waals surface area contributed by atoms with E-state index >= 15 is 0 Å². The molecule has 0 heterocycles. The fourth-order valence-corrected chi connectivity index (χ4v) is 2.59. The monoisotopic (exact) mass is 301 g/mol. The molecule has 1 aromatic rings. The lowest BCUT2D eigenvalue weighted by Crippen LogP contribution is -2.28.